The summed E-state index contributed by atoms with van der Waals surface area (Å²) in [6.07, 6.45) is 6.12. The summed E-state index contributed by atoms with van der Waals surface area (Å²) in [7, 11) is 1.61. The molecule has 0 aliphatic carbocycles. The molecule has 12 heteroatoms. The Bertz CT molecular complexity index is 1460. The lowest BCUT2D eigenvalue weighted by Gasteiger charge is -2.32. The number of carbonyl (C=O) groups is 2. The molecule has 1 aromatic carbocycles. The Kier molecular flexibility index (Phi) is 9.40. The van der Waals surface area contributed by atoms with E-state index in [0.29, 0.717) is 11.4 Å². The van der Waals surface area contributed by atoms with E-state index in [4.69, 9.17) is 6.42 Å². The number of nitriles is 1. The first kappa shape index (κ1) is 28.6. The molecule has 9 nitrogen and oxygen atoms in total. The minimum Gasteiger partial charge on any atom is -0.360 e. The summed E-state index contributed by atoms with van der Waals surface area (Å²) < 4.78 is 28.6. The number of carbonyl (C=O) groups excluding carboxylic acids is 2. The van der Waals surface area contributed by atoms with Gasteiger partial charge < -0.3 is 15.5 Å². The van der Waals surface area contributed by atoms with Crippen molar-refractivity contribution in [3.8, 4) is 18.4 Å². The number of benzene rings is 1. The van der Waals surface area contributed by atoms with Gasteiger partial charge in [-0.1, -0.05) is 12.0 Å². The molecule has 2 heterocycles. The number of anilines is 2. The highest BCUT2D eigenvalue weighted by molar-refractivity contribution is 7.07. The van der Waals surface area contributed by atoms with Gasteiger partial charge in [-0.05, 0) is 25.1 Å². The monoisotopic (exact) mass is 542 g/mol. The van der Waals surface area contributed by atoms with Crippen molar-refractivity contribution in [2.75, 3.05) is 43.4 Å². The molecule has 2 N–H and O–H groups in total. The maximum absolute atomic E-state index is 13.4. The number of alkyl halides is 2. The smallest absolute Gasteiger partial charge is 0.270 e. The van der Waals surface area contributed by atoms with E-state index in [9.17, 15) is 28.4 Å². The van der Waals surface area contributed by atoms with Gasteiger partial charge in [0.05, 0.1) is 13.1 Å². The summed E-state index contributed by atoms with van der Waals surface area (Å²) in [6.45, 7) is 2.30. The van der Waals surface area contributed by atoms with Gasteiger partial charge in [-0.15, -0.1) is 17.8 Å². The lowest BCUT2D eigenvalue weighted by molar-refractivity contribution is -0.121. The zero-order valence-corrected chi connectivity index (χ0v) is 21.9. The molecule has 1 saturated heterocycles. The van der Waals surface area contributed by atoms with E-state index in [0.717, 1.165) is 11.3 Å². The van der Waals surface area contributed by atoms with Crippen molar-refractivity contribution < 1.29 is 18.4 Å². The molecule has 3 rings (SSSR count). The number of terminal acetylenes is 1. The zero-order valence-electron chi connectivity index (χ0n) is 21.1. The van der Waals surface area contributed by atoms with Gasteiger partial charge >= 0.3 is 0 Å². The van der Waals surface area contributed by atoms with Gasteiger partial charge in [-0.3, -0.25) is 23.9 Å². The molecule has 2 aromatic rings. The molecule has 1 aromatic heterocycles. The SMILES string of the molecule is C#CCNC(=O)C(C#N)=c1sc(=CNc2cccc(N(C)C(=O)CN3CCC(F)(F)CC3)c2)c(=O)n1CC. The van der Waals surface area contributed by atoms with E-state index >= 15 is 0 Å². The quantitative estimate of drug-likeness (QED) is 0.480. The van der Waals surface area contributed by atoms with Crippen molar-refractivity contribution in [1.82, 2.24) is 14.8 Å². The van der Waals surface area contributed by atoms with Crippen LogP contribution in [0.2, 0.25) is 0 Å². The van der Waals surface area contributed by atoms with E-state index in [1.807, 2.05) is 6.07 Å². The van der Waals surface area contributed by atoms with Gasteiger partial charge in [0.2, 0.25) is 5.91 Å². The number of likely N-dealkylation sites (tertiary alicyclic amines) is 1. The summed E-state index contributed by atoms with van der Waals surface area (Å²) in [5.74, 6) is -1.30. The molecule has 0 saturated carbocycles. The molecule has 0 spiro atoms. The van der Waals surface area contributed by atoms with E-state index in [2.05, 4.69) is 16.6 Å². The Morgan fingerprint density at radius 2 is 2.03 bits per heavy atom. The molecule has 0 bridgehead atoms. The number of piperidine rings is 1. The number of halogens is 2. The highest BCUT2D eigenvalue weighted by Crippen LogP contribution is 2.27. The number of amides is 2. The number of aromatic nitrogens is 1. The molecule has 0 unspecified atom stereocenters. The average molecular weight is 543 g/mol. The zero-order chi connectivity index (χ0) is 27.9. The Balaban J connectivity index is 1.80. The van der Waals surface area contributed by atoms with Crippen LogP contribution in [0.1, 0.15) is 19.8 Å². The van der Waals surface area contributed by atoms with E-state index in [1.54, 1.807) is 43.1 Å². The molecule has 0 atom stereocenters. The van der Waals surface area contributed by atoms with Crippen molar-refractivity contribution in [2.45, 2.75) is 32.2 Å². The maximum atomic E-state index is 13.4. The van der Waals surface area contributed by atoms with Crippen LogP contribution in [0.4, 0.5) is 20.2 Å². The third kappa shape index (κ3) is 6.85. The van der Waals surface area contributed by atoms with Gasteiger partial charge in [0.1, 0.15) is 15.3 Å². The molecule has 1 aliphatic rings. The van der Waals surface area contributed by atoms with Gasteiger partial charge in [-0.25, -0.2) is 8.78 Å². The van der Waals surface area contributed by atoms with Crippen molar-refractivity contribution in [2.24, 2.45) is 0 Å². The molecular formula is C26H28F2N6O3S. The van der Waals surface area contributed by atoms with Crippen molar-refractivity contribution >= 4 is 46.3 Å². The molecule has 200 valence electrons. The van der Waals surface area contributed by atoms with Crippen LogP contribution in [0, 0.1) is 23.7 Å². The highest BCUT2D eigenvalue weighted by Gasteiger charge is 2.34. The Morgan fingerprint density at radius 3 is 2.66 bits per heavy atom. The molecule has 2 amide bonds. The summed E-state index contributed by atoms with van der Waals surface area (Å²) in [5.41, 5.74) is 0.601. The Labute approximate surface area is 222 Å². The van der Waals surface area contributed by atoms with Gasteiger partial charge in [0.15, 0.2) is 5.57 Å². The second kappa shape index (κ2) is 12.5. The normalized spacial score (nSPS) is 16.2. The molecule has 1 aliphatic heterocycles. The first-order valence-electron chi connectivity index (χ1n) is 11.9. The third-order valence-electron chi connectivity index (χ3n) is 6.05. The predicted molar refractivity (Wildman–Crippen MR) is 143 cm³/mol. The number of nitrogens with zero attached hydrogens (tertiary/aromatic N) is 4. The van der Waals surface area contributed by atoms with E-state index in [1.165, 1.54) is 15.7 Å². The topological polar surface area (TPSA) is 110 Å². The van der Waals surface area contributed by atoms with E-state index < -0.39 is 11.8 Å². The van der Waals surface area contributed by atoms with Gasteiger partial charge in [0.25, 0.3) is 17.4 Å². The van der Waals surface area contributed by atoms with Crippen LogP contribution in [0.15, 0.2) is 29.1 Å². The van der Waals surface area contributed by atoms with Crippen LogP contribution in [-0.2, 0) is 16.1 Å². The summed E-state index contributed by atoms with van der Waals surface area (Å²) in [4.78, 5) is 41.2. The Hall–Kier alpha value is -4.00. The van der Waals surface area contributed by atoms with Crippen LogP contribution in [0.25, 0.3) is 11.8 Å². The molecule has 1 fully saturated rings. The van der Waals surface area contributed by atoms with Gasteiger partial charge in [0, 0.05) is 57.1 Å². The largest absolute Gasteiger partial charge is 0.360 e. The molecule has 0 radical (unpaired) electrons. The number of hydrogen-bond acceptors (Lipinski definition) is 7. The average Bonchev–Trinajstić information content (AvgIpc) is 3.22. The second-order valence-electron chi connectivity index (χ2n) is 8.62. The van der Waals surface area contributed by atoms with Crippen LogP contribution in [-0.4, -0.2) is 60.4 Å². The van der Waals surface area contributed by atoms with Crippen molar-refractivity contribution in [3.05, 3.63) is 43.8 Å². The van der Waals surface area contributed by atoms with Crippen LogP contribution in [0.5, 0.6) is 0 Å². The summed E-state index contributed by atoms with van der Waals surface area (Å²) in [6, 6.07) is 8.79. The third-order valence-corrected chi connectivity index (χ3v) is 7.18. The lowest BCUT2D eigenvalue weighted by Crippen LogP contribution is -2.45. The lowest BCUT2D eigenvalue weighted by atomic mass is 10.1. The fourth-order valence-electron chi connectivity index (χ4n) is 3.84. The highest BCUT2D eigenvalue weighted by atomic mass is 32.1. The van der Waals surface area contributed by atoms with Crippen LogP contribution >= 0.6 is 11.3 Å². The molecule has 38 heavy (non-hydrogen) atoms. The minimum atomic E-state index is -2.67. The second-order valence-corrected chi connectivity index (χ2v) is 9.65. The number of thiazole rings is 1. The standard InChI is InChI=1S/C26H28F2N6O3S/c1-4-11-30-23(36)20(15-29)25-34(5-2)24(37)21(38-25)16-31-18-7-6-8-19(14-18)32(3)22(35)17-33-12-9-26(27,28)10-13-33/h1,6-8,14,16,31H,5,9-13,17H2,2-3H3,(H,30,36). The first-order chi connectivity index (χ1) is 18.1. The number of likely N-dealkylation sites (N-methyl/N-ethyl adjacent to an activating group) is 1. The first-order valence-corrected chi connectivity index (χ1v) is 12.7. The van der Waals surface area contributed by atoms with Crippen molar-refractivity contribution in [1.29, 1.82) is 5.26 Å². The number of nitrogens with one attached hydrogen (secondary N) is 2. The summed E-state index contributed by atoms with van der Waals surface area (Å²) >= 11 is 0.996. The van der Waals surface area contributed by atoms with Crippen LogP contribution in [0.3, 0.4) is 0 Å². The number of hydrogen-bond donors (Lipinski definition) is 2. The maximum Gasteiger partial charge on any atom is 0.270 e. The number of rotatable bonds is 8. The molecular weight excluding hydrogens is 514 g/mol. The fraction of sp³-hybridized carbons (Fsp3) is 0.385. The Morgan fingerprint density at radius 1 is 1.32 bits per heavy atom. The predicted octanol–water partition coefficient (Wildman–Crippen LogP) is 0.897. The summed E-state index contributed by atoms with van der Waals surface area (Å²) in [5, 5.41) is 15.0. The van der Waals surface area contributed by atoms with E-state index in [-0.39, 0.29) is 71.8 Å². The van der Waals surface area contributed by atoms with Crippen molar-refractivity contribution in [3.63, 3.8) is 0 Å². The van der Waals surface area contributed by atoms with Crippen LogP contribution < -0.4 is 30.3 Å². The minimum absolute atomic E-state index is 0.0392. The fourth-order valence-corrected chi connectivity index (χ4v) is 4.93. The van der Waals surface area contributed by atoms with Gasteiger partial charge in [-0.2, -0.15) is 5.26 Å².